The average Bonchev–Trinajstić information content (AvgIpc) is 3.32. The Balaban J connectivity index is 1.49. The van der Waals surface area contributed by atoms with E-state index in [0.717, 1.165) is 30.8 Å². The number of carbonyl (C=O) groups excluding carboxylic acids is 1. The molecule has 1 N–H and O–H groups in total. The van der Waals surface area contributed by atoms with Crippen molar-refractivity contribution in [1.82, 2.24) is 9.78 Å². The van der Waals surface area contributed by atoms with Crippen LogP contribution in [0.2, 0.25) is 0 Å². The first-order valence-corrected chi connectivity index (χ1v) is 11.7. The fourth-order valence-electron chi connectivity index (χ4n) is 6.75. The molecule has 4 unspecified atom stereocenters. The number of hydrogen-bond acceptors (Lipinski definition) is 4. The van der Waals surface area contributed by atoms with Crippen LogP contribution in [0.25, 0.3) is 0 Å². The van der Waals surface area contributed by atoms with E-state index in [1.54, 1.807) is 0 Å². The first-order valence-electron chi connectivity index (χ1n) is 11.7. The predicted octanol–water partition coefficient (Wildman–Crippen LogP) is 5.86. The Morgan fingerprint density at radius 3 is 2.48 bits per heavy atom. The number of carbonyl (C=O) groups is 1. The summed E-state index contributed by atoms with van der Waals surface area (Å²) in [7, 11) is 0. The van der Waals surface area contributed by atoms with Crippen molar-refractivity contribution in [1.29, 1.82) is 0 Å². The smallest absolute Gasteiger partial charge is 0.344 e. The van der Waals surface area contributed by atoms with Crippen molar-refractivity contribution in [3.63, 3.8) is 0 Å². The molecule has 166 valence electrons. The third-order valence-corrected chi connectivity index (χ3v) is 8.42. The van der Waals surface area contributed by atoms with E-state index in [2.05, 4.69) is 64.2 Å². The van der Waals surface area contributed by atoms with Gasteiger partial charge in [0.2, 0.25) is 0 Å². The van der Waals surface area contributed by atoms with Gasteiger partial charge in [-0.3, -0.25) is 0 Å². The number of benzene rings is 1. The maximum atomic E-state index is 13.6. The maximum absolute atomic E-state index is 13.6. The summed E-state index contributed by atoms with van der Waals surface area (Å²) in [6.45, 7) is 13.1. The molecule has 5 heteroatoms. The van der Waals surface area contributed by atoms with E-state index < -0.39 is 0 Å². The number of ether oxygens (including phenoxy) is 1. The first-order chi connectivity index (χ1) is 14.5. The van der Waals surface area contributed by atoms with Gasteiger partial charge < -0.3 is 10.1 Å². The molecular formula is C26H35N3O2. The summed E-state index contributed by atoms with van der Waals surface area (Å²) in [5.41, 5.74) is 2.45. The topological polar surface area (TPSA) is 56.2 Å². The van der Waals surface area contributed by atoms with Gasteiger partial charge in [0.05, 0.1) is 17.3 Å². The lowest BCUT2D eigenvalue weighted by molar-refractivity contribution is -0.0584. The lowest BCUT2D eigenvalue weighted by atomic mass is 9.70. The normalized spacial score (nSPS) is 32.4. The SMILES string of the molecule is Cc1nn2c(c1C(=O)OC1C3(C)CCC(C3)C1(C)C)NC(c1ccccc1)CC2(C)C. The third kappa shape index (κ3) is 3.03. The minimum absolute atomic E-state index is 0.0169. The molecule has 1 aliphatic heterocycles. The van der Waals surface area contributed by atoms with Gasteiger partial charge >= 0.3 is 5.97 Å². The van der Waals surface area contributed by atoms with Crippen molar-refractivity contribution in [2.24, 2.45) is 16.7 Å². The Hall–Kier alpha value is -2.30. The molecule has 1 aromatic carbocycles. The summed E-state index contributed by atoms with van der Waals surface area (Å²) >= 11 is 0. The van der Waals surface area contributed by atoms with E-state index >= 15 is 0 Å². The van der Waals surface area contributed by atoms with E-state index in [-0.39, 0.29) is 34.5 Å². The average molecular weight is 422 g/mol. The molecule has 2 aliphatic carbocycles. The monoisotopic (exact) mass is 421 g/mol. The van der Waals surface area contributed by atoms with E-state index in [1.807, 2.05) is 17.7 Å². The van der Waals surface area contributed by atoms with Gasteiger partial charge in [0.25, 0.3) is 0 Å². The second-order valence-corrected chi connectivity index (χ2v) is 11.5. The van der Waals surface area contributed by atoms with Crippen LogP contribution in [0.15, 0.2) is 30.3 Å². The molecule has 4 atom stereocenters. The molecule has 2 aromatic rings. The van der Waals surface area contributed by atoms with Gasteiger partial charge in [-0.25, -0.2) is 9.48 Å². The molecule has 0 saturated heterocycles. The standard InChI is InChI=1S/C26H35N3O2/c1-16-20(22(30)31-23-25(4,5)18-12-13-26(23,6)14-18)21-27-19(17-10-8-7-9-11-17)15-24(2,3)29(21)28-16/h7-11,18-19,23,27H,12-15H2,1-6H3. The maximum Gasteiger partial charge on any atom is 0.344 e. The summed E-state index contributed by atoms with van der Waals surface area (Å²) in [6.07, 6.45) is 4.39. The number of anilines is 1. The molecule has 5 nitrogen and oxygen atoms in total. The number of rotatable bonds is 3. The molecule has 31 heavy (non-hydrogen) atoms. The summed E-state index contributed by atoms with van der Waals surface area (Å²) in [6, 6.07) is 10.6. The molecule has 2 fully saturated rings. The second kappa shape index (κ2) is 6.60. The zero-order valence-corrected chi connectivity index (χ0v) is 19.7. The van der Waals surface area contributed by atoms with E-state index in [1.165, 1.54) is 12.0 Å². The molecule has 1 aromatic heterocycles. The number of fused-ring (bicyclic) bond motifs is 3. The lowest BCUT2D eigenvalue weighted by Crippen LogP contribution is -2.43. The zero-order chi connectivity index (χ0) is 22.2. The van der Waals surface area contributed by atoms with Crippen LogP contribution < -0.4 is 5.32 Å². The van der Waals surface area contributed by atoms with Crippen molar-refractivity contribution in [2.75, 3.05) is 5.32 Å². The van der Waals surface area contributed by atoms with Crippen LogP contribution in [0.5, 0.6) is 0 Å². The van der Waals surface area contributed by atoms with Crippen LogP contribution in [0.4, 0.5) is 5.82 Å². The largest absolute Gasteiger partial charge is 0.457 e. The Morgan fingerprint density at radius 2 is 1.84 bits per heavy atom. The molecule has 5 rings (SSSR count). The highest BCUT2D eigenvalue weighted by Gasteiger charge is 2.61. The van der Waals surface area contributed by atoms with Crippen molar-refractivity contribution < 1.29 is 9.53 Å². The Kier molecular flexibility index (Phi) is 4.38. The minimum Gasteiger partial charge on any atom is -0.457 e. The molecule has 2 bridgehead atoms. The Morgan fingerprint density at radius 1 is 1.13 bits per heavy atom. The quantitative estimate of drug-likeness (QED) is 0.631. The van der Waals surface area contributed by atoms with Gasteiger partial charge in [0.15, 0.2) is 0 Å². The Bertz CT molecular complexity index is 1020. The van der Waals surface area contributed by atoms with Crippen LogP contribution in [-0.4, -0.2) is 21.9 Å². The zero-order valence-electron chi connectivity index (χ0n) is 19.7. The molecule has 0 spiro atoms. The number of hydrogen-bond donors (Lipinski definition) is 1. The van der Waals surface area contributed by atoms with Gasteiger partial charge in [0, 0.05) is 10.8 Å². The number of aryl methyl sites for hydroxylation is 1. The molecule has 3 aliphatic rings. The second-order valence-electron chi connectivity index (χ2n) is 11.5. The van der Waals surface area contributed by atoms with E-state index in [9.17, 15) is 4.79 Å². The molecular weight excluding hydrogens is 386 g/mol. The predicted molar refractivity (Wildman–Crippen MR) is 122 cm³/mol. The molecule has 0 amide bonds. The molecule has 2 heterocycles. The summed E-state index contributed by atoms with van der Waals surface area (Å²) in [5.74, 6) is 1.19. The fourth-order valence-corrected chi connectivity index (χ4v) is 6.75. The first kappa shape index (κ1) is 20.6. The van der Waals surface area contributed by atoms with Crippen LogP contribution in [0, 0.1) is 23.7 Å². The van der Waals surface area contributed by atoms with Crippen LogP contribution in [-0.2, 0) is 10.3 Å². The van der Waals surface area contributed by atoms with Gasteiger partial charge in [0.1, 0.15) is 17.5 Å². The lowest BCUT2D eigenvalue weighted by Gasteiger charge is -2.42. The summed E-state index contributed by atoms with van der Waals surface area (Å²) < 4.78 is 8.32. The van der Waals surface area contributed by atoms with E-state index in [0.29, 0.717) is 11.5 Å². The summed E-state index contributed by atoms with van der Waals surface area (Å²) in [4.78, 5) is 13.6. The highest BCUT2D eigenvalue weighted by Crippen LogP contribution is 2.63. The number of aromatic nitrogens is 2. The van der Waals surface area contributed by atoms with Crippen molar-refractivity contribution in [2.45, 2.75) is 84.9 Å². The van der Waals surface area contributed by atoms with Crippen LogP contribution in [0.1, 0.15) is 88.0 Å². The molecule has 0 radical (unpaired) electrons. The highest BCUT2D eigenvalue weighted by molar-refractivity contribution is 5.96. The van der Waals surface area contributed by atoms with Crippen LogP contribution in [0.3, 0.4) is 0 Å². The Labute approximate surface area is 185 Å². The summed E-state index contributed by atoms with van der Waals surface area (Å²) in [5, 5.41) is 8.41. The number of nitrogens with one attached hydrogen (secondary N) is 1. The van der Waals surface area contributed by atoms with Gasteiger partial charge in [-0.15, -0.1) is 0 Å². The fraction of sp³-hybridized carbons (Fsp3) is 0.615. The van der Waals surface area contributed by atoms with Crippen LogP contribution >= 0.6 is 0 Å². The minimum atomic E-state index is -0.234. The van der Waals surface area contributed by atoms with Gasteiger partial charge in [-0.2, -0.15) is 5.10 Å². The van der Waals surface area contributed by atoms with Gasteiger partial charge in [-0.05, 0) is 57.9 Å². The number of esters is 1. The number of nitrogens with zero attached hydrogens (tertiary/aromatic N) is 2. The van der Waals surface area contributed by atoms with E-state index in [4.69, 9.17) is 9.84 Å². The third-order valence-electron chi connectivity index (χ3n) is 8.42. The van der Waals surface area contributed by atoms with Crippen molar-refractivity contribution >= 4 is 11.8 Å². The van der Waals surface area contributed by atoms with Crippen molar-refractivity contribution in [3.8, 4) is 0 Å². The molecule has 2 saturated carbocycles. The van der Waals surface area contributed by atoms with Crippen molar-refractivity contribution in [3.05, 3.63) is 47.2 Å². The highest BCUT2D eigenvalue weighted by atomic mass is 16.5. The van der Waals surface area contributed by atoms with Gasteiger partial charge in [-0.1, -0.05) is 51.1 Å².